The van der Waals surface area contributed by atoms with Gasteiger partial charge in [0, 0.05) is 12.7 Å². The molecule has 0 fully saturated rings. The third kappa shape index (κ3) is 4.86. The Morgan fingerprint density at radius 2 is 2.29 bits per heavy atom. The summed E-state index contributed by atoms with van der Waals surface area (Å²) in [5.74, 6) is -1.05. The average Bonchev–Trinajstić information content (AvgIpc) is 2.28. The average molecular weight is 255 g/mol. The first-order valence-corrected chi connectivity index (χ1v) is 5.68. The lowest BCUT2D eigenvalue weighted by atomic mass is 10.2. The predicted octanol–water partition coefficient (Wildman–Crippen LogP) is 1.41. The minimum absolute atomic E-state index is 0.00865. The van der Waals surface area contributed by atoms with Crippen LogP contribution in [0.15, 0.2) is 18.5 Å². The van der Waals surface area contributed by atoms with Crippen LogP contribution in [-0.2, 0) is 0 Å². The van der Waals surface area contributed by atoms with Crippen LogP contribution in [0.1, 0.15) is 29.6 Å². The van der Waals surface area contributed by atoms with Crippen LogP contribution in [0.25, 0.3) is 0 Å². The van der Waals surface area contributed by atoms with Crippen LogP contribution < -0.4 is 11.1 Å². The Bertz CT molecular complexity index is 411. The molecule has 0 atom stereocenters. The smallest absolute Gasteiger partial charge is 0.254 e. The molecule has 0 aliphatic rings. The zero-order chi connectivity index (χ0) is 12.7. The summed E-state index contributed by atoms with van der Waals surface area (Å²) in [5.41, 5.74) is 5.34. The summed E-state index contributed by atoms with van der Waals surface area (Å²) in [6.07, 6.45) is 4.63. The molecule has 1 rings (SSSR count). The molecule has 6 heteroatoms. The molecule has 1 aromatic rings. The Morgan fingerprint density at radius 1 is 1.53 bits per heavy atom. The van der Waals surface area contributed by atoms with Crippen LogP contribution in [0.3, 0.4) is 0 Å². The fourth-order valence-corrected chi connectivity index (χ4v) is 1.43. The van der Waals surface area contributed by atoms with E-state index in [4.69, 9.17) is 18.0 Å². The fourth-order valence-electron chi connectivity index (χ4n) is 1.28. The van der Waals surface area contributed by atoms with Crippen molar-refractivity contribution in [1.29, 1.82) is 0 Å². The normalized spacial score (nSPS) is 9.94. The van der Waals surface area contributed by atoms with E-state index in [0.717, 1.165) is 19.0 Å². The number of carbonyl (C=O) groups excluding carboxylic acids is 1. The van der Waals surface area contributed by atoms with E-state index in [2.05, 4.69) is 10.3 Å². The molecule has 17 heavy (non-hydrogen) atoms. The summed E-state index contributed by atoms with van der Waals surface area (Å²) in [6.45, 7) is 0.475. The van der Waals surface area contributed by atoms with Crippen molar-refractivity contribution in [3.05, 3.63) is 29.8 Å². The molecule has 0 spiro atoms. The van der Waals surface area contributed by atoms with E-state index in [1.165, 1.54) is 12.3 Å². The molecule has 92 valence electrons. The highest BCUT2D eigenvalue weighted by molar-refractivity contribution is 7.80. The van der Waals surface area contributed by atoms with E-state index < -0.39 is 11.7 Å². The van der Waals surface area contributed by atoms with E-state index in [1.807, 2.05) is 0 Å². The van der Waals surface area contributed by atoms with Crippen molar-refractivity contribution >= 4 is 23.1 Å². The Morgan fingerprint density at radius 3 is 2.94 bits per heavy atom. The van der Waals surface area contributed by atoms with Gasteiger partial charge in [-0.05, 0) is 25.3 Å². The first kappa shape index (κ1) is 13.5. The molecule has 0 aliphatic heterocycles. The van der Waals surface area contributed by atoms with E-state index in [-0.39, 0.29) is 5.56 Å². The quantitative estimate of drug-likeness (QED) is 0.595. The van der Waals surface area contributed by atoms with Crippen molar-refractivity contribution in [3.8, 4) is 0 Å². The van der Waals surface area contributed by atoms with E-state index >= 15 is 0 Å². The van der Waals surface area contributed by atoms with Gasteiger partial charge in [0.1, 0.15) is 0 Å². The second-order valence-electron chi connectivity index (χ2n) is 3.53. The predicted molar refractivity (Wildman–Crippen MR) is 67.2 cm³/mol. The molecular formula is C11H14FN3OS. The van der Waals surface area contributed by atoms with Crippen LogP contribution in [0, 0.1) is 5.82 Å². The van der Waals surface area contributed by atoms with Crippen molar-refractivity contribution < 1.29 is 9.18 Å². The van der Waals surface area contributed by atoms with Crippen molar-refractivity contribution in [3.63, 3.8) is 0 Å². The standard InChI is InChI=1S/C11H14FN3OS/c12-9-7-14-6-4-8(9)11(16)15-5-2-1-3-10(13)17/h4,6-7H,1-3,5H2,(H2,13,17)(H,15,16). The molecule has 0 aromatic carbocycles. The number of pyridine rings is 1. The number of halogens is 1. The van der Waals surface area contributed by atoms with Gasteiger partial charge in [0.25, 0.3) is 5.91 Å². The Balaban J connectivity index is 2.31. The molecular weight excluding hydrogens is 241 g/mol. The third-order valence-electron chi connectivity index (χ3n) is 2.15. The molecule has 0 saturated carbocycles. The summed E-state index contributed by atoms with van der Waals surface area (Å²) in [6, 6.07) is 1.35. The van der Waals surface area contributed by atoms with Gasteiger partial charge < -0.3 is 11.1 Å². The van der Waals surface area contributed by atoms with Gasteiger partial charge in [-0.3, -0.25) is 9.78 Å². The number of hydrogen-bond donors (Lipinski definition) is 2. The number of hydrogen-bond acceptors (Lipinski definition) is 3. The number of nitrogens with two attached hydrogens (primary N) is 1. The van der Waals surface area contributed by atoms with Crippen molar-refractivity contribution in [2.45, 2.75) is 19.3 Å². The number of unbranched alkanes of at least 4 members (excludes halogenated alkanes) is 1. The molecule has 0 unspecified atom stereocenters. The minimum atomic E-state index is -0.617. The van der Waals surface area contributed by atoms with Gasteiger partial charge in [-0.25, -0.2) is 4.39 Å². The summed E-state index contributed by atoms with van der Waals surface area (Å²) in [4.78, 5) is 15.6. The molecule has 0 saturated heterocycles. The molecule has 1 amide bonds. The third-order valence-corrected chi connectivity index (χ3v) is 2.36. The molecule has 0 radical (unpaired) electrons. The van der Waals surface area contributed by atoms with Crippen molar-refractivity contribution in [1.82, 2.24) is 10.3 Å². The second-order valence-corrected chi connectivity index (χ2v) is 4.06. The number of aromatic nitrogens is 1. The number of thiocarbonyl (C=S) groups is 1. The fraction of sp³-hybridized carbons (Fsp3) is 0.364. The van der Waals surface area contributed by atoms with Crippen LogP contribution in [-0.4, -0.2) is 22.4 Å². The topological polar surface area (TPSA) is 68.0 Å². The van der Waals surface area contributed by atoms with Gasteiger partial charge in [0.2, 0.25) is 0 Å². The molecule has 1 aromatic heterocycles. The Labute approximate surface area is 104 Å². The molecule has 0 aliphatic carbocycles. The SMILES string of the molecule is NC(=S)CCCCNC(=O)c1ccncc1F. The number of carbonyl (C=O) groups is 1. The summed E-state index contributed by atoms with van der Waals surface area (Å²) < 4.78 is 13.2. The van der Waals surface area contributed by atoms with Gasteiger partial charge in [0.05, 0.1) is 16.7 Å². The van der Waals surface area contributed by atoms with Gasteiger partial charge in [-0.15, -0.1) is 0 Å². The summed E-state index contributed by atoms with van der Waals surface area (Å²) in [7, 11) is 0. The highest BCUT2D eigenvalue weighted by Crippen LogP contribution is 2.04. The minimum Gasteiger partial charge on any atom is -0.393 e. The first-order valence-electron chi connectivity index (χ1n) is 5.27. The molecule has 4 nitrogen and oxygen atoms in total. The zero-order valence-corrected chi connectivity index (χ0v) is 10.1. The van der Waals surface area contributed by atoms with Gasteiger partial charge in [-0.2, -0.15) is 0 Å². The van der Waals surface area contributed by atoms with Gasteiger partial charge >= 0.3 is 0 Å². The monoisotopic (exact) mass is 255 g/mol. The van der Waals surface area contributed by atoms with Crippen molar-refractivity contribution in [2.75, 3.05) is 6.54 Å². The number of rotatable bonds is 6. The van der Waals surface area contributed by atoms with E-state index in [0.29, 0.717) is 18.0 Å². The van der Waals surface area contributed by atoms with E-state index in [1.54, 1.807) is 0 Å². The molecule has 0 bridgehead atoms. The lowest BCUT2D eigenvalue weighted by Crippen LogP contribution is -2.25. The van der Waals surface area contributed by atoms with Crippen LogP contribution >= 0.6 is 12.2 Å². The zero-order valence-electron chi connectivity index (χ0n) is 9.28. The molecule has 3 N–H and O–H groups in total. The summed E-state index contributed by atoms with van der Waals surface area (Å²) >= 11 is 4.72. The Kier molecular flexibility index (Phi) is 5.48. The second kappa shape index (κ2) is 6.90. The van der Waals surface area contributed by atoms with Crippen LogP contribution in [0.2, 0.25) is 0 Å². The largest absolute Gasteiger partial charge is 0.393 e. The highest BCUT2D eigenvalue weighted by atomic mass is 32.1. The number of nitrogens with zero attached hydrogens (tertiary/aromatic N) is 1. The number of amides is 1. The Hall–Kier alpha value is -1.56. The summed E-state index contributed by atoms with van der Waals surface area (Å²) in [5, 5.41) is 2.62. The maximum atomic E-state index is 13.2. The van der Waals surface area contributed by atoms with E-state index in [9.17, 15) is 9.18 Å². The highest BCUT2D eigenvalue weighted by Gasteiger charge is 2.09. The lowest BCUT2D eigenvalue weighted by Gasteiger charge is -2.05. The van der Waals surface area contributed by atoms with Gasteiger partial charge in [0.15, 0.2) is 5.82 Å². The van der Waals surface area contributed by atoms with Crippen LogP contribution in [0.5, 0.6) is 0 Å². The van der Waals surface area contributed by atoms with Crippen molar-refractivity contribution in [2.24, 2.45) is 5.73 Å². The molecule has 1 heterocycles. The van der Waals surface area contributed by atoms with Gasteiger partial charge in [-0.1, -0.05) is 12.2 Å². The maximum absolute atomic E-state index is 13.2. The first-order chi connectivity index (χ1) is 8.11. The lowest BCUT2D eigenvalue weighted by molar-refractivity contribution is 0.0949. The maximum Gasteiger partial charge on any atom is 0.254 e. The number of nitrogens with one attached hydrogen (secondary N) is 1. The van der Waals surface area contributed by atoms with Crippen LogP contribution in [0.4, 0.5) is 4.39 Å².